The van der Waals surface area contributed by atoms with Crippen molar-refractivity contribution >= 4 is 33.6 Å². The fourth-order valence-electron chi connectivity index (χ4n) is 2.67. The van der Waals surface area contributed by atoms with Gasteiger partial charge in [-0.3, -0.25) is 9.69 Å². The van der Waals surface area contributed by atoms with Crippen molar-refractivity contribution in [2.75, 3.05) is 31.9 Å². The monoisotopic (exact) mass is 395 g/mol. The number of nitrogens with zero attached hydrogens (tertiary/aromatic N) is 3. The van der Waals surface area contributed by atoms with Crippen molar-refractivity contribution < 1.29 is 4.79 Å². The maximum Gasteiger partial charge on any atom is 0.233 e. The summed E-state index contributed by atoms with van der Waals surface area (Å²) in [6, 6.07) is 10.3. The van der Waals surface area contributed by atoms with Gasteiger partial charge in [0.1, 0.15) is 6.04 Å². The number of benzene rings is 1. The Morgan fingerprint density at radius 1 is 1.26 bits per heavy atom. The average Bonchev–Trinajstić information content (AvgIpc) is 2.55. The molecular formula is C17H22BrN3OS. The van der Waals surface area contributed by atoms with Crippen LogP contribution in [0, 0.1) is 17.2 Å². The summed E-state index contributed by atoms with van der Waals surface area (Å²) in [5.74, 6) is 0.957. The summed E-state index contributed by atoms with van der Waals surface area (Å²) in [7, 11) is 0. The highest BCUT2D eigenvalue weighted by atomic mass is 79.9. The molecule has 0 saturated carbocycles. The number of hydrogen-bond donors (Lipinski definition) is 0. The van der Waals surface area contributed by atoms with Crippen molar-refractivity contribution in [3.63, 3.8) is 0 Å². The van der Waals surface area contributed by atoms with Gasteiger partial charge >= 0.3 is 0 Å². The first-order valence-corrected chi connectivity index (χ1v) is 9.59. The molecule has 1 aromatic rings. The van der Waals surface area contributed by atoms with Crippen molar-refractivity contribution in [3.05, 3.63) is 28.7 Å². The lowest BCUT2D eigenvalue weighted by Gasteiger charge is -2.38. The fourth-order valence-corrected chi connectivity index (χ4v) is 3.73. The Morgan fingerprint density at radius 3 is 2.39 bits per heavy atom. The zero-order chi connectivity index (χ0) is 16.8. The maximum atomic E-state index is 12.3. The average molecular weight is 396 g/mol. The number of thioether (sulfide) groups is 1. The van der Waals surface area contributed by atoms with Gasteiger partial charge in [-0.2, -0.15) is 5.26 Å². The van der Waals surface area contributed by atoms with Gasteiger partial charge in [0.15, 0.2) is 0 Å². The summed E-state index contributed by atoms with van der Waals surface area (Å²) in [6.07, 6.45) is 0. The molecule has 124 valence electrons. The second kappa shape index (κ2) is 8.72. The first-order valence-electron chi connectivity index (χ1n) is 7.81. The van der Waals surface area contributed by atoms with Crippen molar-refractivity contribution in [2.45, 2.75) is 24.8 Å². The summed E-state index contributed by atoms with van der Waals surface area (Å²) in [6.45, 7) is 7.13. The van der Waals surface area contributed by atoms with Gasteiger partial charge in [-0.25, -0.2) is 0 Å². The molecule has 1 atom stereocenters. The molecule has 1 aliphatic rings. The van der Waals surface area contributed by atoms with E-state index in [0.717, 1.165) is 22.5 Å². The van der Waals surface area contributed by atoms with E-state index < -0.39 is 0 Å². The molecule has 0 aliphatic carbocycles. The molecule has 1 heterocycles. The number of piperazine rings is 1. The van der Waals surface area contributed by atoms with Crippen molar-refractivity contribution in [3.8, 4) is 6.07 Å². The number of nitriles is 1. The number of amides is 1. The van der Waals surface area contributed by atoms with Crippen molar-refractivity contribution in [1.82, 2.24) is 9.80 Å². The third-order valence-electron chi connectivity index (χ3n) is 4.00. The molecule has 0 spiro atoms. The number of carbonyl (C=O) groups is 1. The Bertz CT molecular complexity index is 562. The fraction of sp³-hybridized carbons (Fsp3) is 0.529. The smallest absolute Gasteiger partial charge is 0.233 e. The molecule has 1 amide bonds. The van der Waals surface area contributed by atoms with E-state index in [4.69, 9.17) is 0 Å². The van der Waals surface area contributed by atoms with Gasteiger partial charge in [0, 0.05) is 35.5 Å². The van der Waals surface area contributed by atoms with E-state index in [1.807, 2.05) is 29.2 Å². The summed E-state index contributed by atoms with van der Waals surface area (Å²) in [4.78, 5) is 17.5. The molecule has 6 heteroatoms. The maximum absolute atomic E-state index is 12.3. The van der Waals surface area contributed by atoms with Gasteiger partial charge in [-0.15, -0.1) is 11.8 Å². The molecule has 0 radical (unpaired) electrons. The summed E-state index contributed by atoms with van der Waals surface area (Å²) < 4.78 is 1.04. The number of carbonyl (C=O) groups excluding carboxylic acids is 1. The molecule has 1 aliphatic heterocycles. The molecule has 1 aromatic carbocycles. The van der Waals surface area contributed by atoms with E-state index in [1.54, 1.807) is 11.8 Å². The standard InChI is InChI=1S/C17H22BrN3OS/c1-13(2)16(11-19)20-7-9-21(10-8-20)17(22)12-23-15-5-3-14(18)4-6-15/h3-6,13,16H,7-10,12H2,1-2H3/t16-/m0/s1. The Hall–Kier alpha value is -1.03. The van der Waals surface area contributed by atoms with Gasteiger partial charge in [0.05, 0.1) is 11.8 Å². The van der Waals surface area contributed by atoms with E-state index in [2.05, 4.69) is 40.7 Å². The molecule has 0 aromatic heterocycles. The summed E-state index contributed by atoms with van der Waals surface area (Å²) in [5.41, 5.74) is 0. The molecule has 1 fully saturated rings. The zero-order valence-electron chi connectivity index (χ0n) is 13.5. The van der Waals surface area contributed by atoms with E-state index in [1.165, 1.54) is 0 Å². The Balaban J connectivity index is 1.79. The zero-order valence-corrected chi connectivity index (χ0v) is 15.9. The van der Waals surface area contributed by atoms with E-state index in [-0.39, 0.29) is 11.9 Å². The Labute approximate surface area is 151 Å². The first kappa shape index (κ1) is 18.3. The summed E-state index contributed by atoms with van der Waals surface area (Å²) in [5, 5.41) is 9.27. The normalized spacial score (nSPS) is 17.1. The van der Waals surface area contributed by atoms with Gasteiger partial charge in [0.2, 0.25) is 5.91 Å². The minimum atomic E-state index is -0.0515. The lowest BCUT2D eigenvalue weighted by Crippen LogP contribution is -2.53. The van der Waals surface area contributed by atoms with E-state index >= 15 is 0 Å². The van der Waals surface area contributed by atoms with Gasteiger partial charge in [-0.05, 0) is 30.2 Å². The van der Waals surface area contributed by atoms with Crippen molar-refractivity contribution in [1.29, 1.82) is 5.26 Å². The third-order valence-corrected chi connectivity index (χ3v) is 5.53. The molecule has 1 saturated heterocycles. The van der Waals surface area contributed by atoms with Crippen LogP contribution >= 0.6 is 27.7 Å². The lowest BCUT2D eigenvalue weighted by molar-refractivity contribution is -0.130. The van der Waals surface area contributed by atoms with Gasteiger partial charge < -0.3 is 4.90 Å². The largest absolute Gasteiger partial charge is 0.339 e. The molecule has 0 unspecified atom stereocenters. The van der Waals surface area contributed by atoms with E-state index in [9.17, 15) is 10.1 Å². The molecule has 0 bridgehead atoms. The highest BCUT2D eigenvalue weighted by Crippen LogP contribution is 2.21. The number of halogens is 1. The second-order valence-electron chi connectivity index (χ2n) is 5.98. The number of rotatable bonds is 5. The minimum Gasteiger partial charge on any atom is -0.339 e. The molecule has 0 N–H and O–H groups in total. The van der Waals surface area contributed by atoms with E-state index in [0.29, 0.717) is 24.8 Å². The van der Waals surface area contributed by atoms with Gasteiger partial charge in [0.25, 0.3) is 0 Å². The SMILES string of the molecule is CC(C)[C@H](C#N)N1CCN(C(=O)CSc2ccc(Br)cc2)CC1. The van der Waals surface area contributed by atoms with Crippen LogP contribution in [0.4, 0.5) is 0 Å². The number of hydrogen-bond acceptors (Lipinski definition) is 4. The Kier molecular flexibility index (Phi) is 6.94. The van der Waals surface area contributed by atoms with Crippen LogP contribution < -0.4 is 0 Å². The highest BCUT2D eigenvalue weighted by Gasteiger charge is 2.27. The lowest BCUT2D eigenvalue weighted by atomic mass is 10.0. The highest BCUT2D eigenvalue weighted by molar-refractivity contribution is 9.10. The van der Waals surface area contributed by atoms with Crippen LogP contribution in [0.25, 0.3) is 0 Å². The predicted molar refractivity (Wildman–Crippen MR) is 97.3 cm³/mol. The predicted octanol–water partition coefficient (Wildman–Crippen LogP) is 3.23. The van der Waals surface area contributed by atoms with Crippen molar-refractivity contribution in [2.24, 2.45) is 5.92 Å². The third kappa shape index (κ3) is 5.23. The van der Waals surface area contributed by atoms with Crippen LogP contribution in [0.3, 0.4) is 0 Å². The second-order valence-corrected chi connectivity index (χ2v) is 7.94. The molecule has 23 heavy (non-hydrogen) atoms. The first-order chi connectivity index (χ1) is 11.0. The van der Waals surface area contributed by atoms with Crippen LogP contribution in [0.5, 0.6) is 0 Å². The van der Waals surface area contributed by atoms with Crippen LogP contribution in [-0.4, -0.2) is 53.7 Å². The van der Waals surface area contributed by atoms with Crippen LogP contribution in [0.2, 0.25) is 0 Å². The molecule has 4 nitrogen and oxygen atoms in total. The van der Waals surface area contributed by atoms with Crippen LogP contribution in [0.1, 0.15) is 13.8 Å². The van der Waals surface area contributed by atoms with Crippen LogP contribution in [-0.2, 0) is 4.79 Å². The quantitative estimate of drug-likeness (QED) is 0.717. The van der Waals surface area contributed by atoms with Crippen LogP contribution in [0.15, 0.2) is 33.6 Å². The summed E-state index contributed by atoms with van der Waals surface area (Å²) >= 11 is 4.98. The topological polar surface area (TPSA) is 47.3 Å². The molecular weight excluding hydrogens is 374 g/mol. The minimum absolute atomic E-state index is 0.0515. The Morgan fingerprint density at radius 2 is 1.87 bits per heavy atom. The van der Waals surface area contributed by atoms with Gasteiger partial charge in [-0.1, -0.05) is 29.8 Å². The molecule has 2 rings (SSSR count).